The van der Waals surface area contributed by atoms with Gasteiger partial charge in [0, 0.05) is 16.6 Å². The normalized spacial score (nSPS) is 22.6. The summed E-state index contributed by atoms with van der Waals surface area (Å²) in [4.78, 5) is 2.56. The maximum Gasteiger partial charge on any atom is 0.0453 e. The van der Waals surface area contributed by atoms with Gasteiger partial charge in [0.25, 0.3) is 0 Å². The van der Waals surface area contributed by atoms with Gasteiger partial charge in [0.2, 0.25) is 0 Å². The minimum Gasteiger partial charge on any atom is -0.291 e. The van der Waals surface area contributed by atoms with E-state index in [2.05, 4.69) is 37.8 Å². The Balaban J connectivity index is 2.31. The lowest BCUT2D eigenvalue weighted by Crippen LogP contribution is -2.40. The molecule has 1 aliphatic heterocycles. The summed E-state index contributed by atoms with van der Waals surface area (Å²) < 4.78 is 0. The van der Waals surface area contributed by atoms with Crippen LogP contribution < -0.4 is 0 Å². The SMILES string of the molecule is CC(C)(C)N1CCCC1c1ccccc1Cl. The van der Waals surface area contributed by atoms with Crippen molar-refractivity contribution in [3.05, 3.63) is 34.9 Å². The van der Waals surface area contributed by atoms with E-state index >= 15 is 0 Å². The molecule has 1 aromatic rings. The van der Waals surface area contributed by atoms with Gasteiger partial charge in [-0.2, -0.15) is 0 Å². The second-order valence-corrected chi connectivity index (χ2v) is 5.95. The number of likely N-dealkylation sites (tertiary alicyclic amines) is 1. The lowest BCUT2D eigenvalue weighted by Gasteiger charge is -2.37. The summed E-state index contributed by atoms with van der Waals surface area (Å²) in [6.07, 6.45) is 2.49. The number of halogens is 1. The second-order valence-electron chi connectivity index (χ2n) is 5.54. The highest BCUT2D eigenvalue weighted by atomic mass is 35.5. The Morgan fingerprint density at radius 1 is 1.25 bits per heavy atom. The van der Waals surface area contributed by atoms with Crippen LogP contribution in [0.4, 0.5) is 0 Å². The predicted octanol–water partition coefficient (Wildman–Crippen LogP) is 4.28. The van der Waals surface area contributed by atoms with Gasteiger partial charge in [-0.1, -0.05) is 29.8 Å². The van der Waals surface area contributed by atoms with Crippen LogP contribution in [-0.2, 0) is 0 Å². The molecule has 0 radical (unpaired) electrons. The van der Waals surface area contributed by atoms with Crippen LogP contribution in [0.2, 0.25) is 5.02 Å². The van der Waals surface area contributed by atoms with Gasteiger partial charge < -0.3 is 0 Å². The molecule has 2 heteroatoms. The Labute approximate surface area is 103 Å². The third-order valence-corrected chi connectivity index (χ3v) is 3.72. The first-order chi connectivity index (χ1) is 7.50. The lowest BCUT2D eigenvalue weighted by molar-refractivity contribution is 0.122. The van der Waals surface area contributed by atoms with E-state index in [1.165, 1.54) is 24.9 Å². The summed E-state index contributed by atoms with van der Waals surface area (Å²) >= 11 is 6.29. The molecule has 1 fully saturated rings. The summed E-state index contributed by atoms with van der Waals surface area (Å²) in [6, 6.07) is 8.74. The van der Waals surface area contributed by atoms with Crippen molar-refractivity contribution in [2.24, 2.45) is 0 Å². The second kappa shape index (κ2) is 4.38. The van der Waals surface area contributed by atoms with Gasteiger partial charge in [-0.05, 0) is 51.8 Å². The Bertz CT molecular complexity index is 367. The van der Waals surface area contributed by atoms with Gasteiger partial charge in [-0.25, -0.2) is 0 Å². The molecule has 0 N–H and O–H groups in total. The topological polar surface area (TPSA) is 3.24 Å². The van der Waals surface area contributed by atoms with Gasteiger partial charge in [-0.3, -0.25) is 4.90 Å². The fraction of sp³-hybridized carbons (Fsp3) is 0.571. The van der Waals surface area contributed by atoms with Crippen molar-refractivity contribution in [2.45, 2.75) is 45.2 Å². The van der Waals surface area contributed by atoms with Crippen molar-refractivity contribution >= 4 is 11.6 Å². The predicted molar refractivity (Wildman–Crippen MR) is 69.9 cm³/mol. The summed E-state index contributed by atoms with van der Waals surface area (Å²) in [5, 5.41) is 0.906. The molecule has 0 amide bonds. The highest BCUT2D eigenvalue weighted by molar-refractivity contribution is 6.31. The fourth-order valence-electron chi connectivity index (χ4n) is 2.64. The van der Waals surface area contributed by atoms with Crippen LogP contribution in [0, 0.1) is 0 Å². The van der Waals surface area contributed by atoms with Crippen molar-refractivity contribution in [2.75, 3.05) is 6.54 Å². The fourth-order valence-corrected chi connectivity index (χ4v) is 2.90. The quantitative estimate of drug-likeness (QED) is 0.705. The average molecular weight is 238 g/mol. The molecule has 0 aromatic heterocycles. The molecule has 16 heavy (non-hydrogen) atoms. The van der Waals surface area contributed by atoms with Crippen LogP contribution in [0.3, 0.4) is 0 Å². The molecule has 1 heterocycles. The maximum atomic E-state index is 6.29. The molecule has 1 saturated heterocycles. The monoisotopic (exact) mass is 237 g/mol. The largest absolute Gasteiger partial charge is 0.291 e. The number of rotatable bonds is 1. The molecule has 1 nitrogen and oxygen atoms in total. The Kier molecular flexibility index (Phi) is 3.27. The molecule has 0 bridgehead atoms. The summed E-state index contributed by atoms with van der Waals surface area (Å²) in [5.41, 5.74) is 1.51. The van der Waals surface area contributed by atoms with Gasteiger partial charge in [0.15, 0.2) is 0 Å². The molecule has 0 aliphatic carbocycles. The van der Waals surface area contributed by atoms with Crippen molar-refractivity contribution < 1.29 is 0 Å². The van der Waals surface area contributed by atoms with Crippen LogP contribution in [0.25, 0.3) is 0 Å². The average Bonchev–Trinajstić information content (AvgIpc) is 2.66. The van der Waals surface area contributed by atoms with Crippen molar-refractivity contribution in [3.8, 4) is 0 Å². The first-order valence-corrected chi connectivity index (χ1v) is 6.39. The minimum atomic E-state index is 0.223. The number of benzene rings is 1. The van der Waals surface area contributed by atoms with Crippen LogP contribution in [0.15, 0.2) is 24.3 Å². The molecule has 1 aliphatic rings. The molecule has 1 atom stereocenters. The number of hydrogen-bond acceptors (Lipinski definition) is 1. The van der Waals surface area contributed by atoms with Crippen molar-refractivity contribution in [1.82, 2.24) is 4.90 Å². The van der Waals surface area contributed by atoms with Gasteiger partial charge >= 0.3 is 0 Å². The zero-order chi connectivity index (χ0) is 11.8. The molecule has 88 valence electrons. The molecular formula is C14H20ClN. The van der Waals surface area contributed by atoms with Crippen molar-refractivity contribution in [1.29, 1.82) is 0 Å². The van der Waals surface area contributed by atoms with Crippen molar-refractivity contribution in [3.63, 3.8) is 0 Å². The van der Waals surface area contributed by atoms with E-state index in [9.17, 15) is 0 Å². The highest BCUT2D eigenvalue weighted by Crippen LogP contribution is 2.39. The minimum absolute atomic E-state index is 0.223. The first-order valence-electron chi connectivity index (χ1n) is 6.01. The summed E-state index contributed by atoms with van der Waals surface area (Å²) in [5.74, 6) is 0. The van der Waals surface area contributed by atoms with E-state index in [1.54, 1.807) is 0 Å². The number of nitrogens with zero attached hydrogens (tertiary/aromatic N) is 1. The van der Waals surface area contributed by atoms with Gasteiger partial charge in [0.05, 0.1) is 0 Å². The Morgan fingerprint density at radius 2 is 1.94 bits per heavy atom. The van der Waals surface area contributed by atoms with E-state index in [4.69, 9.17) is 11.6 Å². The highest BCUT2D eigenvalue weighted by Gasteiger charge is 2.34. The molecule has 1 unspecified atom stereocenters. The first kappa shape index (κ1) is 11.9. The molecule has 2 rings (SSSR count). The van der Waals surface area contributed by atoms with Crippen LogP contribution in [0.5, 0.6) is 0 Å². The van der Waals surface area contributed by atoms with E-state index in [0.717, 1.165) is 5.02 Å². The van der Waals surface area contributed by atoms with Gasteiger partial charge in [-0.15, -0.1) is 0 Å². The summed E-state index contributed by atoms with van der Waals surface area (Å²) in [6.45, 7) is 8.02. The standard InChI is InChI=1S/C14H20ClN/c1-14(2,3)16-10-6-9-13(16)11-7-4-5-8-12(11)15/h4-5,7-8,13H,6,9-10H2,1-3H3. The van der Waals surface area contributed by atoms with Crippen LogP contribution >= 0.6 is 11.6 Å². The maximum absolute atomic E-state index is 6.29. The number of hydrogen-bond donors (Lipinski definition) is 0. The van der Waals surface area contributed by atoms with Crippen LogP contribution in [0.1, 0.15) is 45.2 Å². The van der Waals surface area contributed by atoms with E-state index < -0.39 is 0 Å². The zero-order valence-corrected chi connectivity index (χ0v) is 11.1. The van der Waals surface area contributed by atoms with E-state index in [1.807, 2.05) is 12.1 Å². The van der Waals surface area contributed by atoms with Crippen LogP contribution in [-0.4, -0.2) is 17.0 Å². The smallest absolute Gasteiger partial charge is 0.0453 e. The molecule has 0 saturated carbocycles. The third kappa shape index (κ3) is 2.26. The molecule has 0 spiro atoms. The Morgan fingerprint density at radius 3 is 2.56 bits per heavy atom. The molecular weight excluding hydrogens is 218 g/mol. The Hall–Kier alpha value is -0.530. The van der Waals surface area contributed by atoms with Gasteiger partial charge in [0.1, 0.15) is 0 Å². The summed E-state index contributed by atoms with van der Waals surface area (Å²) in [7, 11) is 0. The third-order valence-electron chi connectivity index (χ3n) is 3.38. The lowest BCUT2D eigenvalue weighted by atomic mass is 9.99. The van der Waals surface area contributed by atoms with E-state index in [0.29, 0.717) is 6.04 Å². The zero-order valence-electron chi connectivity index (χ0n) is 10.3. The van der Waals surface area contributed by atoms with E-state index in [-0.39, 0.29) is 5.54 Å². The molecule has 1 aromatic carbocycles.